The highest BCUT2D eigenvalue weighted by Gasteiger charge is 2.18. The highest BCUT2D eigenvalue weighted by atomic mass is 19.1. The third-order valence-electron chi connectivity index (χ3n) is 3.10. The molecule has 2 rings (SSSR count). The zero-order chi connectivity index (χ0) is 13.0. The monoisotopic (exact) mass is 251 g/mol. The number of methoxy groups -OCH3 is 1. The maximum Gasteiger partial charge on any atom is 0.170 e. The Morgan fingerprint density at radius 3 is 3.00 bits per heavy atom. The molecule has 18 heavy (non-hydrogen) atoms. The summed E-state index contributed by atoms with van der Waals surface area (Å²) in [6, 6.07) is 1.62. The molecule has 2 heterocycles. The number of halogens is 1. The van der Waals surface area contributed by atoms with Crippen LogP contribution in [0.5, 0.6) is 0 Å². The van der Waals surface area contributed by atoms with Gasteiger partial charge in [-0.1, -0.05) is 6.08 Å². The molecule has 5 heteroatoms. The Balaban J connectivity index is 2.14. The average Bonchev–Trinajstić information content (AvgIpc) is 2.41. The van der Waals surface area contributed by atoms with E-state index >= 15 is 0 Å². The van der Waals surface area contributed by atoms with E-state index in [2.05, 4.69) is 11.1 Å². The van der Waals surface area contributed by atoms with Gasteiger partial charge in [-0.25, -0.2) is 9.37 Å². The minimum atomic E-state index is -0.302. The molecule has 0 saturated heterocycles. The van der Waals surface area contributed by atoms with Crippen molar-refractivity contribution < 1.29 is 9.13 Å². The summed E-state index contributed by atoms with van der Waals surface area (Å²) >= 11 is 0. The number of anilines is 1. The van der Waals surface area contributed by atoms with E-state index in [1.54, 1.807) is 19.4 Å². The van der Waals surface area contributed by atoms with Gasteiger partial charge < -0.3 is 15.4 Å². The highest BCUT2D eigenvalue weighted by molar-refractivity contribution is 5.45. The van der Waals surface area contributed by atoms with Crippen LogP contribution in [0.15, 0.2) is 23.9 Å². The van der Waals surface area contributed by atoms with E-state index in [0.717, 1.165) is 13.0 Å². The van der Waals surface area contributed by atoms with Crippen LogP contribution in [0.2, 0.25) is 0 Å². The van der Waals surface area contributed by atoms with E-state index < -0.39 is 0 Å². The maximum absolute atomic E-state index is 14.1. The molecule has 0 bridgehead atoms. The molecule has 4 nitrogen and oxygen atoms in total. The Bertz CT molecular complexity index is 448. The first-order valence-electron chi connectivity index (χ1n) is 6.01. The van der Waals surface area contributed by atoms with Gasteiger partial charge in [0.2, 0.25) is 0 Å². The summed E-state index contributed by atoms with van der Waals surface area (Å²) in [5.41, 5.74) is 7.26. The van der Waals surface area contributed by atoms with Gasteiger partial charge >= 0.3 is 0 Å². The smallest absolute Gasteiger partial charge is 0.170 e. The number of pyridine rings is 1. The van der Waals surface area contributed by atoms with Crippen LogP contribution in [0.1, 0.15) is 12.0 Å². The van der Waals surface area contributed by atoms with E-state index in [1.807, 2.05) is 4.90 Å². The van der Waals surface area contributed by atoms with Gasteiger partial charge in [0, 0.05) is 38.5 Å². The number of rotatable bonds is 4. The Morgan fingerprint density at radius 2 is 2.39 bits per heavy atom. The van der Waals surface area contributed by atoms with Crippen molar-refractivity contribution in [1.29, 1.82) is 0 Å². The summed E-state index contributed by atoms with van der Waals surface area (Å²) in [6.07, 6.45) is 4.56. The normalized spacial score (nSPS) is 15.7. The molecule has 1 aromatic heterocycles. The minimum absolute atomic E-state index is 0.194. The highest BCUT2D eigenvalue weighted by Crippen LogP contribution is 2.22. The van der Waals surface area contributed by atoms with Crippen molar-refractivity contribution in [3.05, 3.63) is 35.3 Å². The maximum atomic E-state index is 14.1. The zero-order valence-electron chi connectivity index (χ0n) is 10.5. The second-order valence-corrected chi connectivity index (χ2v) is 4.30. The summed E-state index contributed by atoms with van der Waals surface area (Å²) in [5, 5.41) is 0. The lowest BCUT2D eigenvalue weighted by Crippen LogP contribution is -2.31. The van der Waals surface area contributed by atoms with Crippen molar-refractivity contribution in [2.75, 3.05) is 31.7 Å². The molecular formula is C13H18FN3O. The minimum Gasteiger partial charge on any atom is -0.380 e. The predicted molar refractivity (Wildman–Crippen MR) is 68.9 cm³/mol. The Morgan fingerprint density at radius 1 is 1.56 bits per heavy atom. The van der Waals surface area contributed by atoms with Crippen molar-refractivity contribution in [3.63, 3.8) is 0 Å². The molecule has 0 spiro atoms. The molecule has 0 radical (unpaired) electrons. The molecule has 0 aliphatic carbocycles. The van der Waals surface area contributed by atoms with Crippen LogP contribution in [-0.2, 0) is 11.3 Å². The second kappa shape index (κ2) is 5.93. The molecule has 2 N–H and O–H groups in total. The molecule has 0 unspecified atom stereocenters. The van der Waals surface area contributed by atoms with Crippen molar-refractivity contribution in [2.24, 2.45) is 5.73 Å². The summed E-state index contributed by atoms with van der Waals surface area (Å²) in [4.78, 5) is 6.04. The van der Waals surface area contributed by atoms with Gasteiger partial charge in [0.1, 0.15) is 0 Å². The summed E-state index contributed by atoms with van der Waals surface area (Å²) in [7, 11) is 1.68. The van der Waals surface area contributed by atoms with E-state index in [9.17, 15) is 4.39 Å². The number of hydrogen-bond donors (Lipinski definition) is 1. The number of nitrogens with zero attached hydrogens (tertiary/aromatic N) is 2. The predicted octanol–water partition coefficient (Wildman–Crippen LogP) is 1.46. The van der Waals surface area contributed by atoms with E-state index in [-0.39, 0.29) is 12.4 Å². The Labute approximate surface area is 106 Å². The molecule has 1 aromatic rings. The lowest BCUT2D eigenvalue weighted by molar-refractivity contribution is 0.222. The largest absolute Gasteiger partial charge is 0.380 e. The topological polar surface area (TPSA) is 51.4 Å². The molecular weight excluding hydrogens is 233 g/mol. The molecule has 0 aromatic carbocycles. The van der Waals surface area contributed by atoms with Crippen LogP contribution in [0.3, 0.4) is 0 Å². The first-order chi connectivity index (χ1) is 8.76. The second-order valence-electron chi connectivity index (χ2n) is 4.30. The van der Waals surface area contributed by atoms with Crippen LogP contribution in [0.25, 0.3) is 0 Å². The molecule has 1 aliphatic rings. The fourth-order valence-electron chi connectivity index (χ4n) is 2.07. The standard InChI is InChI=1S/C13H18FN3O/c1-18-9-10-3-6-17(7-4-10)13-12(14)11(8-15)2-5-16-13/h2-3,5H,4,6-9,15H2,1H3. The fraction of sp³-hybridized carbons (Fsp3) is 0.462. The fourth-order valence-corrected chi connectivity index (χ4v) is 2.07. The lowest BCUT2D eigenvalue weighted by Gasteiger charge is -2.27. The van der Waals surface area contributed by atoms with Gasteiger partial charge in [0.25, 0.3) is 0 Å². The first-order valence-corrected chi connectivity index (χ1v) is 6.01. The molecule has 98 valence electrons. The van der Waals surface area contributed by atoms with E-state index in [1.165, 1.54) is 5.57 Å². The first kappa shape index (κ1) is 13.0. The van der Waals surface area contributed by atoms with Crippen molar-refractivity contribution in [3.8, 4) is 0 Å². The van der Waals surface area contributed by atoms with Crippen LogP contribution >= 0.6 is 0 Å². The van der Waals surface area contributed by atoms with E-state index in [0.29, 0.717) is 24.5 Å². The molecule has 0 saturated carbocycles. The van der Waals surface area contributed by atoms with Crippen LogP contribution in [0.4, 0.5) is 10.2 Å². The Kier molecular flexibility index (Phi) is 4.28. The summed E-state index contributed by atoms with van der Waals surface area (Å²) in [6.45, 7) is 2.26. The molecule has 0 amide bonds. The quantitative estimate of drug-likeness (QED) is 0.823. The molecule has 0 fully saturated rings. The van der Waals surface area contributed by atoms with Crippen LogP contribution in [-0.4, -0.2) is 31.8 Å². The van der Waals surface area contributed by atoms with Gasteiger partial charge in [0.05, 0.1) is 6.61 Å². The number of aromatic nitrogens is 1. The van der Waals surface area contributed by atoms with Crippen molar-refractivity contribution in [2.45, 2.75) is 13.0 Å². The van der Waals surface area contributed by atoms with Gasteiger partial charge in [0.15, 0.2) is 11.6 Å². The third-order valence-corrected chi connectivity index (χ3v) is 3.10. The number of hydrogen-bond acceptors (Lipinski definition) is 4. The van der Waals surface area contributed by atoms with E-state index in [4.69, 9.17) is 10.5 Å². The Hall–Kier alpha value is -1.46. The van der Waals surface area contributed by atoms with Crippen molar-refractivity contribution in [1.82, 2.24) is 4.98 Å². The summed E-state index contributed by atoms with van der Waals surface area (Å²) < 4.78 is 19.2. The van der Waals surface area contributed by atoms with Gasteiger partial charge in [-0.2, -0.15) is 0 Å². The number of ether oxygens (including phenoxy) is 1. The van der Waals surface area contributed by atoms with Crippen LogP contribution in [0, 0.1) is 5.82 Å². The average molecular weight is 251 g/mol. The zero-order valence-corrected chi connectivity index (χ0v) is 10.5. The van der Waals surface area contributed by atoms with Gasteiger partial charge in [-0.3, -0.25) is 0 Å². The SMILES string of the molecule is COCC1=CCN(c2nccc(CN)c2F)CC1. The van der Waals surface area contributed by atoms with Gasteiger partial charge in [-0.15, -0.1) is 0 Å². The van der Waals surface area contributed by atoms with Crippen molar-refractivity contribution >= 4 is 5.82 Å². The molecule has 0 atom stereocenters. The number of nitrogens with two attached hydrogens (primary N) is 1. The molecule has 1 aliphatic heterocycles. The summed E-state index contributed by atoms with van der Waals surface area (Å²) in [5.74, 6) is 0.0919. The van der Waals surface area contributed by atoms with Crippen LogP contribution < -0.4 is 10.6 Å². The third kappa shape index (κ3) is 2.68. The van der Waals surface area contributed by atoms with Gasteiger partial charge in [-0.05, 0) is 18.1 Å². The lowest BCUT2D eigenvalue weighted by atomic mass is 10.1.